The Bertz CT molecular complexity index is 403. The van der Waals surface area contributed by atoms with E-state index in [0.29, 0.717) is 12.5 Å². The fourth-order valence-electron chi connectivity index (χ4n) is 2.22. The molecule has 98 valence electrons. The number of benzene rings is 1. The highest BCUT2D eigenvalue weighted by molar-refractivity contribution is 5.39. The van der Waals surface area contributed by atoms with Crippen molar-refractivity contribution in [3.8, 4) is 0 Å². The molecule has 5 nitrogen and oxygen atoms in total. The largest absolute Gasteiger partial charge is 0.381 e. The number of nitro groups is 1. The third-order valence-corrected chi connectivity index (χ3v) is 3.19. The van der Waals surface area contributed by atoms with Crippen molar-refractivity contribution in [1.29, 1.82) is 0 Å². The van der Waals surface area contributed by atoms with Crippen molar-refractivity contribution < 1.29 is 9.66 Å². The highest BCUT2D eigenvalue weighted by Crippen LogP contribution is 2.18. The topological polar surface area (TPSA) is 64.4 Å². The van der Waals surface area contributed by atoms with Crippen molar-refractivity contribution in [2.45, 2.75) is 19.4 Å². The molecule has 1 saturated heterocycles. The van der Waals surface area contributed by atoms with Crippen LogP contribution in [0, 0.1) is 16.0 Å². The second kappa shape index (κ2) is 6.47. The quantitative estimate of drug-likeness (QED) is 0.642. The summed E-state index contributed by atoms with van der Waals surface area (Å²) in [6.45, 7) is 3.05. The third-order valence-electron chi connectivity index (χ3n) is 3.19. The molecule has 1 aliphatic rings. The van der Waals surface area contributed by atoms with Gasteiger partial charge in [-0.05, 0) is 18.8 Å². The molecule has 18 heavy (non-hydrogen) atoms. The molecular weight excluding hydrogens is 232 g/mol. The van der Waals surface area contributed by atoms with E-state index in [4.69, 9.17) is 4.74 Å². The number of ether oxygens (including phenoxy) is 1. The minimum absolute atomic E-state index is 0.185. The van der Waals surface area contributed by atoms with Gasteiger partial charge in [-0.25, -0.2) is 0 Å². The molecule has 0 amide bonds. The second-order valence-corrected chi connectivity index (χ2v) is 4.60. The maximum absolute atomic E-state index is 10.8. The smallest absolute Gasteiger partial charge is 0.273 e. The summed E-state index contributed by atoms with van der Waals surface area (Å²) in [4.78, 5) is 10.5. The van der Waals surface area contributed by atoms with Crippen LogP contribution in [0.5, 0.6) is 0 Å². The van der Waals surface area contributed by atoms with Crippen molar-refractivity contribution in [1.82, 2.24) is 5.32 Å². The zero-order valence-corrected chi connectivity index (χ0v) is 10.3. The van der Waals surface area contributed by atoms with Gasteiger partial charge in [-0.15, -0.1) is 0 Å². The van der Waals surface area contributed by atoms with Gasteiger partial charge in [-0.3, -0.25) is 10.1 Å². The van der Waals surface area contributed by atoms with Gasteiger partial charge in [0, 0.05) is 31.3 Å². The molecule has 0 saturated carbocycles. The van der Waals surface area contributed by atoms with E-state index < -0.39 is 0 Å². The monoisotopic (exact) mass is 250 g/mol. The minimum atomic E-state index is -0.333. The summed E-state index contributed by atoms with van der Waals surface area (Å²) in [5.74, 6) is 0.529. The molecule has 0 spiro atoms. The first-order valence-corrected chi connectivity index (χ1v) is 6.28. The highest BCUT2D eigenvalue weighted by Gasteiger charge is 2.15. The Morgan fingerprint density at radius 1 is 1.44 bits per heavy atom. The fraction of sp³-hybridized carbons (Fsp3) is 0.538. The van der Waals surface area contributed by atoms with E-state index >= 15 is 0 Å². The summed E-state index contributed by atoms with van der Waals surface area (Å²) in [6.07, 6.45) is 2.28. The molecule has 1 aromatic carbocycles. The van der Waals surface area contributed by atoms with Crippen LogP contribution >= 0.6 is 0 Å². The van der Waals surface area contributed by atoms with Crippen molar-refractivity contribution >= 4 is 5.69 Å². The lowest BCUT2D eigenvalue weighted by Gasteiger charge is -2.22. The first-order valence-electron chi connectivity index (χ1n) is 6.28. The van der Waals surface area contributed by atoms with Crippen molar-refractivity contribution in [2.75, 3.05) is 19.8 Å². The van der Waals surface area contributed by atoms with Crippen molar-refractivity contribution in [3.05, 3.63) is 39.9 Å². The van der Waals surface area contributed by atoms with E-state index in [1.807, 2.05) is 6.07 Å². The first kappa shape index (κ1) is 13.0. The van der Waals surface area contributed by atoms with E-state index in [2.05, 4.69) is 5.32 Å². The SMILES string of the molecule is O=[N+]([O-])c1ccccc1CNCC1CCCOC1. The molecule has 5 heteroatoms. The molecule has 1 aromatic rings. The standard InChI is InChI=1S/C13H18N2O3/c16-15(17)13-6-2-1-5-12(13)9-14-8-11-4-3-7-18-10-11/h1-2,5-6,11,14H,3-4,7-10H2. The van der Waals surface area contributed by atoms with E-state index in [1.54, 1.807) is 18.2 Å². The Balaban J connectivity index is 1.84. The van der Waals surface area contributed by atoms with Crippen LogP contribution in [0.4, 0.5) is 5.69 Å². The Kier molecular flexibility index (Phi) is 4.66. The fourth-order valence-corrected chi connectivity index (χ4v) is 2.22. The van der Waals surface area contributed by atoms with E-state index in [9.17, 15) is 10.1 Å². The molecule has 0 bridgehead atoms. The minimum Gasteiger partial charge on any atom is -0.381 e. The summed E-state index contributed by atoms with van der Waals surface area (Å²) in [5, 5.41) is 14.1. The summed E-state index contributed by atoms with van der Waals surface area (Å²) in [6, 6.07) is 6.85. The van der Waals surface area contributed by atoms with Crippen LogP contribution in [0.25, 0.3) is 0 Å². The maximum atomic E-state index is 10.8. The number of para-hydroxylation sites is 1. The molecule has 1 aliphatic heterocycles. The number of nitrogens with zero attached hydrogens (tertiary/aromatic N) is 1. The molecule has 1 fully saturated rings. The Labute approximate surface area is 106 Å². The van der Waals surface area contributed by atoms with Gasteiger partial charge in [0.15, 0.2) is 0 Å². The van der Waals surface area contributed by atoms with Gasteiger partial charge in [-0.1, -0.05) is 18.2 Å². The number of hydrogen-bond acceptors (Lipinski definition) is 4. The van der Waals surface area contributed by atoms with Crippen LogP contribution in [0.3, 0.4) is 0 Å². The molecule has 1 unspecified atom stereocenters. The van der Waals surface area contributed by atoms with Crippen LogP contribution in [-0.4, -0.2) is 24.7 Å². The normalized spacial score (nSPS) is 19.7. The van der Waals surface area contributed by atoms with Crippen LogP contribution in [-0.2, 0) is 11.3 Å². The zero-order chi connectivity index (χ0) is 12.8. The van der Waals surface area contributed by atoms with Crippen LogP contribution < -0.4 is 5.32 Å². The summed E-state index contributed by atoms with van der Waals surface area (Å²) >= 11 is 0. The third kappa shape index (κ3) is 3.51. The summed E-state index contributed by atoms with van der Waals surface area (Å²) in [7, 11) is 0. The molecule has 0 radical (unpaired) electrons. The number of nitro benzene ring substituents is 1. The molecule has 1 N–H and O–H groups in total. The average Bonchev–Trinajstić information content (AvgIpc) is 2.40. The van der Waals surface area contributed by atoms with Gasteiger partial charge in [0.1, 0.15) is 0 Å². The number of hydrogen-bond donors (Lipinski definition) is 1. The Morgan fingerprint density at radius 2 is 2.28 bits per heavy atom. The average molecular weight is 250 g/mol. The molecule has 1 heterocycles. The van der Waals surface area contributed by atoms with Gasteiger partial charge in [0.2, 0.25) is 0 Å². The van der Waals surface area contributed by atoms with Crippen LogP contribution in [0.1, 0.15) is 18.4 Å². The van der Waals surface area contributed by atoms with Crippen LogP contribution in [0.15, 0.2) is 24.3 Å². The predicted molar refractivity (Wildman–Crippen MR) is 68.3 cm³/mol. The Hall–Kier alpha value is -1.46. The summed E-state index contributed by atoms with van der Waals surface area (Å²) < 4.78 is 5.40. The first-order chi connectivity index (χ1) is 8.77. The predicted octanol–water partition coefficient (Wildman–Crippen LogP) is 2.11. The van der Waals surface area contributed by atoms with Crippen molar-refractivity contribution in [3.63, 3.8) is 0 Å². The second-order valence-electron chi connectivity index (χ2n) is 4.60. The van der Waals surface area contributed by atoms with Gasteiger partial charge in [0.25, 0.3) is 5.69 Å². The lowest BCUT2D eigenvalue weighted by Crippen LogP contribution is -2.29. The van der Waals surface area contributed by atoms with Crippen molar-refractivity contribution in [2.24, 2.45) is 5.92 Å². The molecule has 0 aliphatic carbocycles. The maximum Gasteiger partial charge on any atom is 0.273 e. The molecule has 1 atom stereocenters. The van der Waals surface area contributed by atoms with Gasteiger partial charge in [-0.2, -0.15) is 0 Å². The number of nitrogens with one attached hydrogen (secondary N) is 1. The van der Waals surface area contributed by atoms with E-state index in [1.165, 1.54) is 6.42 Å². The lowest BCUT2D eigenvalue weighted by molar-refractivity contribution is -0.385. The Morgan fingerprint density at radius 3 is 3.00 bits per heavy atom. The van der Waals surface area contributed by atoms with Gasteiger partial charge < -0.3 is 10.1 Å². The molecule has 0 aromatic heterocycles. The van der Waals surface area contributed by atoms with E-state index in [0.717, 1.165) is 31.7 Å². The van der Waals surface area contributed by atoms with E-state index in [-0.39, 0.29) is 10.6 Å². The lowest BCUT2D eigenvalue weighted by atomic mass is 10.0. The van der Waals surface area contributed by atoms with Crippen LogP contribution in [0.2, 0.25) is 0 Å². The van der Waals surface area contributed by atoms with Gasteiger partial charge in [0.05, 0.1) is 11.5 Å². The van der Waals surface area contributed by atoms with Gasteiger partial charge >= 0.3 is 0 Å². The highest BCUT2D eigenvalue weighted by atomic mass is 16.6. The molecule has 2 rings (SSSR count). The zero-order valence-electron chi connectivity index (χ0n) is 10.3. The number of rotatable bonds is 5. The molecular formula is C13H18N2O3. The summed E-state index contributed by atoms with van der Waals surface area (Å²) in [5.41, 5.74) is 0.920.